The van der Waals surface area contributed by atoms with Crippen molar-refractivity contribution in [3.63, 3.8) is 0 Å². The van der Waals surface area contributed by atoms with Gasteiger partial charge in [0.05, 0.1) is 12.6 Å². The SMILES string of the molecule is CC(C)(C)OC(=O)N(CCCCCCCC(=O)N(CCCCC#N)OCc1ccccc1)OCc1ccccc1. The second-order valence-electron chi connectivity index (χ2n) is 10.7. The summed E-state index contributed by atoms with van der Waals surface area (Å²) in [7, 11) is 0. The van der Waals surface area contributed by atoms with Crippen molar-refractivity contribution < 1.29 is 24.0 Å². The second-order valence-corrected chi connectivity index (χ2v) is 10.7. The van der Waals surface area contributed by atoms with E-state index in [9.17, 15) is 9.59 Å². The minimum Gasteiger partial charge on any atom is -0.442 e. The van der Waals surface area contributed by atoms with E-state index in [1.807, 2.05) is 81.4 Å². The predicted octanol–water partition coefficient (Wildman–Crippen LogP) is 7.35. The van der Waals surface area contributed by atoms with E-state index in [4.69, 9.17) is 19.7 Å². The molecule has 0 bridgehead atoms. The fourth-order valence-electron chi connectivity index (χ4n) is 3.88. The molecule has 0 radical (unpaired) electrons. The summed E-state index contributed by atoms with van der Waals surface area (Å²) in [6, 6.07) is 21.6. The van der Waals surface area contributed by atoms with Crippen LogP contribution in [0.15, 0.2) is 60.7 Å². The number of unbranched alkanes of at least 4 members (excludes halogenated alkanes) is 6. The van der Waals surface area contributed by atoms with E-state index in [0.29, 0.717) is 39.1 Å². The Morgan fingerprint density at radius 3 is 1.80 bits per heavy atom. The van der Waals surface area contributed by atoms with Gasteiger partial charge in [0.15, 0.2) is 0 Å². The van der Waals surface area contributed by atoms with E-state index >= 15 is 0 Å². The highest BCUT2D eigenvalue weighted by atomic mass is 16.7. The summed E-state index contributed by atoms with van der Waals surface area (Å²) < 4.78 is 5.51. The van der Waals surface area contributed by atoms with Gasteiger partial charge in [0.1, 0.15) is 18.8 Å². The molecule has 0 spiro atoms. The van der Waals surface area contributed by atoms with Crippen LogP contribution >= 0.6 is 0 Å². The fraction of sp³-hybridized carbons (Fsp3) is 0.531. The summed E-state index contributed by atoms with van der Waals surface area (Å²) in [5.41, 5.74) is 1.38. The average Bonchev–Trinajstić information content (AvgIpc) is 2.93. The average molecular weight is 552 g/mol. The van der Waals surface area contributed by atoms with Gasteiger partial charge in [-0.3, -0.25) is 14.5 Å². The van der Waals surface area contributed by atoms with Crippen molar-refractivity contribution in [3.05, 3.63) is 71.8 Å². The van der Waals surface area contributed by atoms with Gasteiger partial charge in [0, 0.05) is 19.4 Å². The minimum atomic E-state index is -0.605. The van der Waals surface area contributed by atoms with Gasteiger partial charge < -0.3 is 4.74 Å². The number of nitriles is 1. The minimum absolute atomic E-state index is 0.0294. The summed E-state index contributed by atoms with van der Waals surface area (Å²) in [6.07, 6.45) is 6.17. The van der Waals surface area contributed by atoms with Crippen molar-refractivity contribution in [2.75, 3.05) is 13.1 Å². The molecule has 0 N–H and O–H groups in total. The van der Waals surface area contributed by atoms with E-state index in [1.54, 1.807) is 0 Å². The van der Waals surface area contributed by atoms with Crippen LogP contribution in [0.2, 0.25) is 0 Å². The molecule has 0 fully saturated rings. The number of carbonyl (C=O) groups is 2. The van der Waals surface area contributed by atoms with Crippen molar-refractivity contribution in [2.24, 2.45) is 0 Å². The topological polar surface area (TPSA) is 92.1 Å². The summed E-state index contributed by atoms with van der Waals surface area (Å²) in [6.45, 7) is 7.05. The molecule has 40 heavy (non-hydrogen) atoms. The molecule has 2 aromatic carbocycles. The molecule has 0 saturated heterocycles. The van der Waals surface area contributed by atoms with Crippen molar-refractivity contribution in [1.29, 1.82) is 5.26 Å². The van der Waals surface area contributed by atoms with E-state index in [0.717, 1.165) is 56.1 Å². The second kappa shape index (κ2) is 18.8. The summed E-state index contributed by atoms with van der Waals surface area (Å²) in [5, 5.41) is 11.6. The maximum atomic E-state index is 12.8. The Bertz CT molecular complexity index is 1020. The van der Waals surface area contributed by atoms with Gasteiger partial charge >= 0.3 is 6.09 Å². The number of hydroxylamine groups is 4. The van der Waals surface area contributed by atoms with Crippen LogP contribution in [0.1, 0.15) is 89.7 Å². The number of benzene rings is 2. The Morgan fingerprint density at radius 1 is 0.725 bits per heavy atom. The van der Waals surface area contributed by atoms with E-state index < -0.39 is 11.7 Å². The highest BCUT2D eigenvalue weighted by molar-refractivity contribution is 5.75. The van der Waals surface area contributed by atoms with Crippen molar-refractivity contribution in [3.8, 4) is 6.07 Å². The molecule has 0 aliphatic heterocycles. The Morgan fingerprint density at radius 2 is 1.23 bits per heavy atom. The Kier molecular flexibility index (Phi) is 15.4. The third-order valence-corrected chi connectivity index (χ3v) is 5.99. The molecular formula is C32H45N3O5. The van der Waals surface area contributed by atoms with Gasteiger partial charge in [0.2, 0.25) is 5.91 Å². The number of carbonyl (C=O) groups excluding carboxylic acids is 2. The number of nitrogens with zero attached hydrogens (tertiary/aromatic N) is 3. The first-order valence-corrected chi connectivity index (χ1v) is 14.3. The first-order valence-electron chi connectivity index (χ1n) is 14.3. The summed E-state index contributed by atoms with van der Waals surface area (Å²) in [5.74, 6) is -0.0294. The first kappa shape index (κ1) is 32.8. The van der Waals surface area contributed by atoms with Crippen molar-refractivity contribution in [1.82, 2.24) is 10.1 Å². The zero-order valence-electron chi connectivity index (χ0n) is 24.3. The molecule has 8 heteroatoms. The first-order chi connectivity index (χ1) is 19.3. The van der Waals surface area contributed by atoms with Crippen LogP contribution in [-0.2, 0) is 32.4 Å². The quantitative estimate of drug-likeness (QED) is 0.142. The highest BCUT2D eigenvalue weighted by Crippen LogP contribution is 2.15. The van der Waals surface area contributed by atoms with Crippen LogP contribution in [0.5, 0.6) is 0 Å². The number of amides is 2. The van der Waals surface area contributed by atoms with Gasteiger partial charge in [-0.05, 0) is 57.6 Å². The molecule has 0 aromatic heterocycles. The lowest BCUT2D eigenvalue weighted by Gasteiger charge is -2.26. The number of hydrogen-bond donors (Lipinski definition) is 0. The lowest BCUT2D eigenvalue weighted by Crippen LogP contribution is -2.37. The monoisotopic (exact) mass is 551 g/mol. The molecule has 2 amide bonds. The maximum Gasteiger partial charge on any atom is 0.434 e. The van der Waals surface area contributed by atoms with Gasteiger partial charge in [-0.2, -0.15) is 10.3 Å². The molecule has 0 saturated carbocycles. The summed E-state index contributed by atoms with van der Waals surface area (Å²) >= 11 is 0. The van der Waals surface area contributed by atoms with Crippen LogP contribution in [0.3, 0.4) is 0 Å². The zero-order chi connectivity index (χ0) is 29.1. The Labute approximate surface area is 239 Å². The van der Waals surface area contributed by atoms with Crippen LogP contribution in [-0.4, -0.2) is 40.8 Å². The number of hydrogen-bond acceptors (Lipinski definition) is 6. The largest absolute Gasteiger partial charge is 0.442 e. The predicted molar refractivity (Wildman–Crippen MR) is 154 cm³/mol. The zero-order valence-corrected chi connectivity index (χ0v) is 24.3. The normalized spacial score (nSPS) is 11.1. The molecule has 0 aliphatic rings. The van der Waals surface area contributed by atoms with Crippen LogP contribution in [0, 0.1) is 11.3 Å². The van der Waals surface area contributed by atoms with Crippen molar-refractivity contribution in [2.45, 2.75) is 97.4 Å². The fourth-order valence-corrected chi connectivity index (χ4v) is 3.88. The van der Waals surface area contributed by atoms with Crippen LogP contribution in [0.4, 0.5) is 4.79 Å². The molecule has 0 aliphatic carbocycles. The lowest BCUT2D eigenvalue weighted by molar-refractivity contribution is -0.192. The number of ether oxygens (including phenoxy) is 1. The molecule has 0 heterocycles. The molecule has 8 nitrogen and oxygen atoms in total. The molecule has 218 valence electrons. The smallest absolute Gasteiger partial charge is 0.434 e. The van der Waals surface area contributed by atoms with E-state index in [-0.39, 0.29) is 5.91 Å². The highest BCUT2D eigenvalue weighted by Gasteiger charge is 2.23. The van der Waals surface area contributed by atoms with Gasteiger partial charge in [-0.25, -0.2) is 9.86 Å². The maximum absolute atomic E-state index is 12.8. The Balaban J connectivity index is 1.72. The van der Waals surface area contributed by atoms with Crippen LogP contribution < -0.4 is 0 Å². The number of rotatable bonds is 18. The third kappa shape index (κ3) is 14.7. The third-order valence-electron chi connectivity index (χ3n) is 5.99. The van der Waals surface area contributed by atoms with Crippen molar-refractivity contribution >= 4 is 12.0 Å². The molecular weight excluding hydrogens is 506 g/mol. The van der Waals surface area contributed by atoms with Crippen LogP contribution in [0.25, 0.3) is 0 Å². The molecule has 2 rings (SSSR count). The molecule has 0 unspecified atom stereocenters. The molecule has 0 atom stereocenters. The van der Waals surface area contributed by atoms with E-state index in [1.165, 1.54) is 10.1 Å². The van der Waals surface area contributed by atoms with Gasteiger partial charge in [-0.15, -0.1) is 0 Å². The van der Waals surface area contributed by atoms with Gasteiger partial charge in [-0.1, -0.05) is 79.9 Å². The molecule has 2 aromatic rings. The van der Waals surface area contributed by atoms with Gasteiger partial charge in [0.25, 0.3) is 0 Å². The Hall–Kier alpha value is -3.41. The van der Waals surface area contributed by atoms with E-state index in [2.05, 4.69) is 6.07 Å². The lowest BCUT2D eigenvalue weighted by atomic mass is 10.1. The standard InChI is InChI=1S/C32H45N3O5/c1-32(2,3)40-31(37)35(39-27-29-20-12-8-13-21-29)25-16-6-4-5-14-22-30(36)34(24-17-9-15-23-33)38-26-28-18-10-7-11-19-28/h7-8,10-13,18-21H,4-6,9,14-17,22,24-27H2,1-3H3. The summed E-state index contributed by atoms with van der Waals surface area (Å²) in [4.78, 5) is 37.1.